The van der Waals surface area contributed by atoms with Gasteiger partial charge in [-0.1, -0.05) is 12.1 Å². The Balaban J connectivity index is 1.35. The van der Waals surface area contributed by atoms with Crippen molar-refractivity contribution in [3.63, 3.8) is 0 Å². The Hall–Kier alpha value is -2.37. The lowest BCUT2D eigenvalue weighted by Crippen LogP contribution is -2.35. The second-order valence-electron chi connectivity index (χ2n) is 7.33. The lowest BCUT2D eigenvalue weighted by Gasteiger charge is -2.22. The van der Waals surface area contributed by atoms with E-state index in [2.05, 4.69) is 5.32 Å². The van der Waals surface area contributed by atoms with Gasteiger partial charge >= 0.3 is 11.9 Å². The van der Waals surface area contributed by atoms with Crippen molar-refractivity contribution in [1.29, 1.82) is 0 Å². The van der Waals surface area contributed by atoms with Gasteiger partial charge in [0.1, 0.15) is 6.10 Å². The van der Waals surface area contributed by atoms with Crippen LogP contribution >= 0.6 is 0 Å². The zero-order valence-corrected chi connectivity index (χ0v) is 14.3. The summed E-state index contributed by atoms with van der Waals surface area (Å²) < 4.78 is 10.5. The molecule has 1 N–H and O–H groups in total. The SMILES string of the molecule is Cc1cccc(NC(=O)COC(=O)[C@H]2[C@@H]3C[C@@H]4[C@@H]2C(=O)O[C@@H]4C3)c1C. The number of nitrogens with one attached hydrogen (secondary N) is 1. The van der Waals surface area contributed by atoms with Crippen molar-refractivity contribution in [1.82, 2.24) is 0 Å². The van der Waals surface area contributed by atoms with Crippen LogP contribution in [0, 0.1) is 37.5 Å². The summed E-state index contributed by atoms with van der Waals surface area (Å²) in [6.07, 6.45) is 1.57. The minimum atomic E-state index is -0.454. The Morgan fingerprint density at radius 2 is 2.08 bits per heavy atom. The summed E-state index contributed by atoms with van der Waals surface area (Å²) in [6, 6.07) is 5.64. The number of carbonyl (C=O) groups is 3. The van der Waals surface area contributed by atoms with Crippen molar-refractivity contribution in [2.24, 2.45) is 23.7 Å². The molecule has 132 valence electrons. The topological polar surface area (TPSA) is 81.7 Å². The van der Waals surface area contributed by atoms with E-state index in [4.69, 9.17) is 9.47 Å². The van der Waals surface area contributed by atoms with Crippen molar-refractivity contribution >= 4 is 23.5 Å². The molecule has 2 aliphatic carbocycles. The number of anilines is 1. The summed E-state index contributed by atoms with van der Waals surface area (Å²) in [6.45, 7) is 3.55. The van der Waals surface area contributed by atoms with Gasteiger partial charge in [-0.25, -0.2) is 0 Å². The molecule has 5 atom stereocenters. The summed E-state index contributed by atoms with van der Waals surface area (Å²) in [5, 5.41) is 2.77. The highest BCUT2D eigenvalue weighted by atomic mass is 16.6. The molecule has 1 amide bonds. The summed E-state index contributed by atoms with van der Waals surface area (Å²) in [5.41, 5.74) is 2.77. The highest BCUT2D eigenvalue weighted by molar-refractivity contribution is 5.94. The van der Waals surface area contributed by atoms with Crippen LogP contribution < -0.4 is 5.32 Å². The Kier molecular flexibility index (Phi) is 3.78. The molecule has 1 aromatic carbocycles. The number of carbonyl (C=O) groups excluding carboxylic acids is 3. The third-order valence-corrected chi connectivity index (χ3v) is 5.98. The molecule has 3 aliphatic rings. The van der Waals surface area contributed by atoms with E-state index >= 15 is 0 Å². The van der Waals surface area contributed by atoms with Gasteiger partial charge in [0.2, 0.25) is 0 Å². The summed E-state index contributed by atoms with van der Waals surface area (Å²) >= 11 is 0. The van der Waals surface area contributed by atoms with Crippen LogP contribution in [0.25, 0.3) is 0 Å². The minimum absolute atomic E-state index is 0.0147. The quantitative estimate of drug-likeness (QED) is 0.846. The number of hydrogen-bond donors (Lipinski definition) is 1. The second kappa shape index (κ2) is 5.86. The van der Waals surface area contributed by atoms with Gasteiger partial charge in [-0.2, -0.15) is 0 Å². The number of ether oxygens (including phenoxy) is 2. The van der Waals surface area contributed by atoms with Crippen LogP contribution in [0.1, 0.15) is 24.0 Å². The highest BCUT2D eigenvalue weighted by Crippen LogP contribution is 2.57. The van der Waals surface area contributed by atoms with E-state index in [0.29, 0.717) is 5.69 Å². The van der Waals surface area contributed by atoms with Crippen molar-refractivity contribution in [2.75, 3.05) is 11.9 Å². The molecule has 6 heteroatoms. The Labute approximate surface area is 145 Å². The molecule has 0 radical (unpaired) electrons. The molecule has 25 heavy (non-hydrogen) atoms. The van der Waals surface area contributed by atoms with Crippen LogP contribution in [0.5, 0.6) is 0 Å². The number of rotatable bonds is 4. The van der Waals surface area contributed by atoms with E-state index in [1.54, 1.807) is 0 Å². The van der Waals surface area contributed by atoms with Crippen LogP contribution in [-0.4, -0.2) is 30.6 Å². The minimum Gasteiger partial charge on any atom is -0.462 e. The van der Waals surface area contributed by atoms with Gasteiger partial charge in [-0.15, -0.1) is 0 Å². The molecular weight excluding hydrogens is 322 g/mol. The number of hydrogen-bond acceptors (Lipinski definition) is 5. The molecule has 0 unspecified atom stereocenters. The normalized spacial score (nSPS) is 31.8. The maximum Gasteiger partial charge on any atom is 0.310 e. The van der Waals surface area contributed by atoms with Crippen molar-refractivity contribution in [3.05, 3.63) is 29.3 Å². The van der Waals surface area contributed by atoms with Gasteiger partial charge in [-0.05, 0) is 49.8 Å². The summed E-state index contributed by atoms with van der Waals surface area (Å²) in [4.78, 5) is 36.5. The van der Waals surface area contributed by atoms with Gasteiger partial charge in [0.15, 0.2) is 6.61 Å². The fourth-order valence-corrected chi connectivity index (χ4v) is 4.63. The van der Waals surface area contributed by atoms with E-state index < -0.39 is 11.9 Å². The maximum atomic E-state index is 12.4. The molecule has 3 fully saturated rings. The first-order valence-corrected chi connectivity index (χ1v) is 8.69. The predicted molar refractivity (Wildman–Crippen MR) is 88.6 cm³/mol. The Morgan fingerprint density at radius 3 is 2.88 bits per heavy atom. The van der Waals surface area contributed by atoms with E-state index in [1.807, 2.05) is 32.0 Å². The van der Waals surface area contributed by atoms with Crippen LogP contribution in [0.4, 0.5) is 5.69 Å². The molecule has 4 rings (SSSR count). The van der Waals surface area contributed by atoms with Crippen LogP contribution in [-0.2, 0) is 23.9 Å². The molecule has 2 bridgehead atoms. The monoisotopic (exact) mass is 343 g/mol. The van der Waals surface area contributed by atoms with Gasteiger partial charge < -0.3 is 14.8 Å². The van der Waals surface area contributed by atoms with Crippen LogP contribution in [0.3, 0.4) is 0 Å². The van der Waals surface area contributed by atoms with E-state index in [-0.39, 0.29) is 42.3 Å². The van der Waals surface area contributed by atoms with Crippen molar-refractivity contribution < 1.29 is 23.9 Å². The average Bonchev–Trinajstić information content (AvgIpc) is 3.19. The molecule has 6 nitrogen and oxygen atoms in total. The molecule has 1 aliphatic heterocycles. The summed E-state index contributed by atoms with van der Waals surface area (Å²) in [5.74, 6) is -1.65. The number of fused-ring (bicyclic) bond motifs is 1. The van der Waals surface area contributed by atoms with Gasteiger partial charge in [-0.3, -0.25) is 14.4 Å². The molecule has 0 aromatic heterocycles. The lowest BCUT2D eigenvalue weighted by atomic mass is 9.80. The van der Waals surface area contributed by atoms with Gasteiger partial charge in [0.25, 0.3) is 5.91 Å². The number of amides is 1. The third kappa shape index (κ3) is 2.60. The van der Waals surface area contributed by atoms with Gasteiger partial charge in [0.05, 0.1) is 11.8 Å². The highest BCUT2D eigenvalue weighted by Gasteiger charge is 2.64. The van der Waals surface area contributed by atoms with Crippen LogP contribution in [0.2, 0.25) is 0 Å². The molecule has 0 spiro atoms. The van der Waals surface area contributed by atoms with E-state index in [1.165, 1.54) is 0 Å². The number of esters is 2. The zero-order chi connectivity index (χ0) is 17.7. The second-order valence-corrected chi connectivity index (χ2v) is 7.33. The largest absolute Gasteiger partial charge is 0.462 e. The standard InChI is InChI=1S/C19H21NO5/c1-9-4-3-5-13(10(9)2)20-15(21)8-24-18(22)16-11-6-12-14(7-11)25-19(23)17(12)16/h3-5,11-12,14,16-17H,6-8H2,1-2H3,(H,20,21)/t11-,12+,14-,16+,17+/m1/s1. The van der Waals surface area contributed by atoms with E-state index in [9.17, 15) is 14.4 Å². The Bertz CT molecular complexity index is 756. The molecule has 1 saturated heterocycles. The smallest absolute Gasteiger partial charge is 0.310 e. The zero-order valence-electron chi connectivity index (χ0n) is 14.3. The maximum absolute atomic E-state index is 12.4. The van der Waals surface area contributed by atoms with Crippen molar-refractivity contribution in [2.45, 2.75) is 32.8 Å². The number of aryl methyl sites for hydroxylation is 1. The summed E-state index contributed by atoms with van der Waals surface area (Å²) in [7, 11) is 0. The van der Waals surface area contributed by atoms with E-state index in [0.717, 1.165) is 24.0 Å². The Morgan fingerprint density at radius 1 is 1.28 bits per heavy atom. The first kappa shape index (κ1) is 16.1. The molecule has 1 heterocycles. The van der Waals surface area contributed by atoms with Crippen molar-refractivity contribution in [3.8, 4) is 0 Å². The fraction of sp³-hybridized carbons (Fsp3) is 0.526. The van der Waals surface area contributed by atoms with Gasteiger partial charge in [0, 0.05) is 11.6 Å². The number of benzene rings is 1. The average molecular weight is 343 g/mol. The lowest BCUT2D eigenvalue weighted by molar-refractivity contribution is -0.157. The molecule has 1 aromatic rings. The van der Waals surface area contributed by atoms with Crippen LogP contribution in [0.15, 0.2) is 18.2 Å². The first-order chi connectivity index (χ1) is 12.0. The first-order valence-electron chi connectivity index (χ1n) is 8.69. The fourth-order valence-electron chi connectivity index (χ4n) is 4.63. The predicted octanol–water partition coefficient (Wildman–Crippen LogP) is 1.98. The third-order valence-electron chi connectivity index (χ3n) is 5.98. The molecular formula is C19H21NO5. The molecule has 2 saturated carbocycles.